The topological polar surface area (TPSA) is 36.4 Å². The van der Waals surface area contributed by atoms with Crippen molar-refractivity contribution in [1.82, 2.24) is 9.88 Å². The summed E-state index contributed by atoms with van der Waals surface area (Å²) in [5.74, 6) is 1.11. The number of pyridine rings is 1. The highest BCUT2D eigenvalue weighted by Gasteiger charge is 2.34. The molecule has 1 saturated carbocycles. The standard InChI is InChI=1S/C18H20FN3O/c19-16-12-20-17(15-5-2-1-4-14(15)16)21-8-3-9-22(11-10-21)18(23)13-6-7-13/h1-2,4-5,12-13H,3,6-11H2. The average molecular weight is 313 g/mol. The van der Waals surface area contributed by atoms with Crippen LogP contribution >= 0.6 is 0 Å². The van der Waals surface area contributed by atoms with E-state index in [0.29, 0.717) is 11.3 Å². The fourth-order valence-corrected chi connectivity index (χ4v) is 3.33. The number of hydrogen-bond donors (Lipinski definition) is 0. The number of carbonyl (C=O) groups excluding carboxylic acids is 1. The predicted molar refractivity (Wildman–Crippen MR) is 87.8 cm³/mol. The molecule has 2 fully saturated rings. The van der Waals surface area contributed by atoms with Crippen LogP contribution in [-0.4, -0.2) is 42.0 Å². The lowest BCUT2D eigenvalue weighted by Gasteiger charge is -2.24. The molecule has 5 heteroatoms. The number of nitrogens with zero attached hydrogens (tertiary/aromatic N) is 3. The minimum absolute atomic E-state index is 0.270. The van der Waals surface area contributed by atoms with Crippen LogP contribution in [0.25, 0.3) is 10.8 Å². The molecule has 1 aromatic carbocycles. The Bertz CT molecular complexity index is 744. The highest BCUT2D eigenvalue weighted by atomic mass is 19.1. The maximum Gasteiger partial charge on any atom is 0.225 e. The molecule has 4 rings (SSSR count). The van der Waals surface area contributed by atoms with E-state index in [0.717, 1.165) is 56.6 Å². The Morgan fingerprint density at radius 1 is 1.09 bits per heavy atom. The Kier molecular flexibility index (Phi) is 3.63. The number of halogens is 1. The highest BCUT2D eigenvalue weighted by Crippen LogP contribution is 2.32. The summed E-state index contributed by atoms with van der Waals surface area (Å²) in [6.07, 6.45) is 4.31. The summed E-state index contributed by atoms with van der Waals surface area (Å²) in [6.45, 7) is 3.13. The first kappa shape index (κ1) is 14.4. The van der Waals surface area contributed by atoms with Crippen LogP contribution in [0, 0.1) is 11.7 Å². The maximum atomic E-state index is 13.9. The molecule has 1 saturated heterocycles. The Morgan fingerprint density at radius 3 is 2.65 bits per heavy atom. The van der Waals surface area contributed by atoms with Crippen LogP contribution in [0.5, 0.6) is 0 Å². The number of rotatable bonds is 2. The molecule has 0 N–H and O–H groups in total. The van der Waals surface area contributed by atoms with Crippen molar-refractivity contribution in [2.24, 2.45) is 5.92 Å². The fourth-order valence-electron chi connectivity index (χ4n) is 3.33. The summed E-state index contributed by atoms with van der Waals surface area (Å²) in [7, 11) is 0. The molecule has 23 heavy (non-hydrogen) atoms. The molecule has 1 aliphatic heterocycles. The molecule has 1 amide bonds. The highest BCUT2D eigenvalue weighted by molar-refractivity contribution is 5.92. The molecule has 120 valence electrons. The van der Waals surface area contributed by atoms with Crippen molar-refractivity contribution in [3.8, 4) is 0 Å². The molecule has 0 radical (unpaired) electrons. The van der Waals surface area contributed by atoms with E-state index in [1.54, 1.807) is 6.07 Å². The Balaban J connectivity index is 1.59. The van der Waals surface area contributed by atoms with Crippen molar-refractivity contribution >= 4 is 22.5 Å². The van der Waals surface area contributed by atoms with Gasteiger partial charge in [-0.05, 0) is 19.3 Å². The lowest BCUT2D eigenvalue weighted by molar-refractivity contribution is -0.132. The van der Waals surface area contributed by atoms with Gasteiger partial charge in [-0.1, -0.05) is 24.3 Å². The van der Waals surface area contributed by atoms with Gasteiger partial charge in [-0.15, -0.1) is 0 Å². The first-order chi connectivity index (χ1) is 11.2. The van der Waals surface area contributed by atoms with Gasteiger partial charge in [-0.2, -0.15) is 0 Å². The zero-order valence-electron chi connectivity index (χ0n) is 13.0. The molecule has 4 nitrogen and oxygen atoms in total. The molecule has 2 aromatic rings. The van der Waals surface area contributed by atoms with Crippen LogP contribution < -0.4 is 4.90 Å². The van der Waals surface area contributed by atoms with Crippen LogP contribution in [0.3, 0.4) is 0 Å². The van der Waals surface area contributed by atoms with E-state index in [9.17, 15) is 9.18 Å². The van der Waals surface area contributed by atoms with Crippen LogP contribution in [0.15, 0.2) is 30.5 Å². The third kappa shape index (κ3) is 2.76. The quantitative estimate of drug-likeness (QED) is 0.855. The molecular formula is C18H20FN3O. The number of benzene rings is 1. The van der Waals surface area contributed by atoms with E-state index in [4.69, 9.17) is 0 Å². The maximum absolute atomic E-state index is 13.9. The number of fused-ring (bicyclic) bond motifs is 1. The summed E-state index contributed by atoms with van der Waals surface area (Å²) in [4.78, 5) is 20.8. The van der Waals surface area contributed by atoms with Gasteiger partial charge < -0.3 is 9.80 Å². The second kappa shape index (κ2) is 5.80. The Hall–Kier alpha value is -2.17. The zero-order valence-corrected chi connectivity index (χ0v) is 13.0. The van der Waals surface area contributed by atoms with Gasteiger partial charge in [0, 0.05) is 42.9 Å². The molecular weight excluding hydrogens is 293 g/mol. The predicted octanol–water partition coefficient (Wildman–Crippen LogP) is 2.82. The summed E-state index contributed by atoms with van der Waals surface area (Å²) < 4.78 is 13.9. The number of hydrogen-bond acceptors (Lipinski definition) is 3. The van der Waals surface area contributed by atoms with E-state index < -0.39 is 0 Å². The fraction of sp³-hybridized carbons (Fsp3) is 0.444. The van der Waals surface area contributed by atoms with E-state index in [1.165, 1.54) is 6.20 Å². The van der Waals surface area contributed by atoms with Crippen molar-refractivity contribution < 1.29 is 9.18 Å². The third-order valence-corrected chi connectivity index (χ3v) is 4.76. The van der Waals surface area contributed by atoms with Crippen molar-refractivity contribution in [2.45, 2.75) is 19.3 Å². The second-order valence-electron chi connectivity index (χ2n) is 6.42. The summed E-state index contributed by atoms with van der Waals surface area (Å²) in [6, 6.07) is 7.46. The smallest absolute Gasteiger partial charge is 0.225 e. The normalized spacial score (nSPS) is 19.0. The van der Waals surface area contributed by atoms with Gasteiger partial charge in [-0.25, -0.2) is 9.37 Å². The number of aromatic nitrogens is 1. The van der Waals surface area contributed by atoms with Gasteiger partial charge in [0.15, 0.2) is 0 Å². The van der Waals surface area contributed by atoms with Crippen molar-refractivity contribution in [2.75, 3.05) is 31.1 Å². The second-order valence-corrected chi connectivity index (χ2v) is 6.42. The van der Waals surface area contributed by atoms with E-state index in [2.05, 4.69) is 9.88 Å². The molecule has 0 atom stereocenters. The van der Waals surface area contributed by atoms with Gasteiger partial charge in [0.05, 0.1) is 6.20 Å². The monoisotopic (exact) mass is 313 g/mol. The lowest BCUT2D eigenvalue weighted by atomic mass is 10.1. The van der Waals surface area contributed by atoms with Gasteiger partial charge in [0.1, 0.15) is 11.6 Å². The van der Waals surface area contributed by atoms with Gasteiger partial charge in [0.25, 0.3) is 0 Å². The molecule has 2 heterocycles. The Morgan fingerprint density at radius 2 is 1.87 bits per heavy atom. The largest absolute Gasteiger partial charge is 0.354 e. The number of carbonyl (C=O) groups is 1. The van der Waals surface area contributed by atoms with Crippen molar-refractivity contribution in [1.29, 1.82) is 0 Å². The first-order valence-corrected chi connectivity index (χ1v) is 8.31. The minimum atomic E-state index is -0.287. The third-order valence-electron chi connectivity index (χ3n) is 4.76. The van der Waals surface area contributed by atoms with E-state index in [-0.39, 0.29) is 11.7 Å². The molecule has 0 spiro atoms. The van der Waals surface area contributed by atoms with Crippen molar-refractivity contribution in [3.63, 3.8) is 0 Å². The van der Waals surface area contributed by atoms with Gasteiger partial charge in [0.2, 0.25) is 5.91 Å². The first-order valence-electron chi connectivity index (χ1n) is 8.31. The van der Waals surface area contributed by atoms with Crippen LogP contribution in [0.1, 0.15) is 19.3 Å². The van der Waals surface area contributed by atoms with Gasteiger partial charge >= 0.3 is 0 Å². The zero-order chi connectivity index (χ0) is 15.8. The lowest BCUT2D eigenvalue weighted by Crippen LogP contribution is -2.36. The van der Waals surface area contributed by atoms with Crippen LogP contribution in [-0.2, 0) is 4.79 Å². The van der Waals surface area contributed by atoms with E-state index in [1.807, 2.05) is 23.1 Å². The molecule has 2 aliphatic rings. The van der Waals surface area contributed by atoms with Crippen LogP contribution in [0.4, 0.5) is 10.2 Å². The molecule has 1 aliphatic carbocycles. The van der Waals surface area contributed by atoms with E-state index >= 15 is 0 Å². The summed E-state index contributed by atoms with van der Waals surface area (Å²) in [5, 5.41) is 1.45. The number of anilines is 1. The average Bonchev–Trinajstić information content (AvgIpc) is 3.42. The summed E-state index contributed by atoms with van der Waals surface area (Å²) in [5.41, 5.74) is 0. The molecule has 0 bridgehead atoms. The Labute approximate surface area is 134 Å². The van der Waals surface area contributed by atoms with Gasteiger partial charge in [-0.3, -0.25) is 4.79 Å². The SMILES string of the molecule is O=C(C1CC1)N1CCCN(c2ncc(F)c3ccccc23)CC1. The number of amides is 1. The minimum Gasteiger partial charge on any atom is -0.354 e. The van der Waals surface area contributed by atoms with Crippen LogP contribution in [0.2, 0.25) is 0 Å². The molecule has 0 unspecified atom stereocenters. The van der Waals surface area contributed by atoms with Crippen molar-refractivity contribution in [3.05, 3.63) is 36.3 Å². The molecule has 1 aromatic heterocycles. The summed E-state index contributed by atoms with van der Waals surface area (Å²) >= 11 is 0.